The van der Waals surface area contributed by atoms with Crippen LogP contribution in [0.4, 0.5) is 13.2 Å². The van der Waals surface area contributed by atoms with Gasteiger partial charge >= 0.3 is 0 Å². The minimum absolute atomic E-state index is 0.0293. The summed E-state index contributed by atoms with van der Waals surface area (Å²) in [6.45, 7) is 2.23. The molecule has 1 aliphatic carbocycles. The second-order valence-corrected chi connectivity index (χ2v) is 6.78. The van der Waals surface area contributed by atoms with Gasteiger partial charge in [0.05, 0.1) is 0 Å². The monoisotopic (exact) mass is 324 g/mol. The van der Waals surface area contributed by atoms with Crippen molar-refractivity contribution in [3.63, 3.8) is 0 Å². The van der Waals surface area contributed by atoms with Gasteiger partial charge in [-0.1, -0.05) is 51.2 Å². The van der Waals surface area contributed by atoms with Crippen LogP contribution < -0.4 is 0 Å². The van der Waals surface area contributed by atoms with Crippen LogP contribution in [-0.4, -0.2) is 0 Å². The van der Waals surface area contributed by atoms with E-state index in [1.165, 1.54) is 57.1 Å². The van der Waals surface area contributed by atoms with E-state index in [-0.39, 0.29) is 5.56 Å². The molecule has 0 amide bonds. The molecule has 0 aromatic heterocycles. The summed E-state index contributed by atoms with van der Waals surface area (Å²) < 4.78 is 38.4. The Kier molecular flexibility index (Phi) is 7.19. The maximum atomic E-state index is 13.9. The molecule has 3 heteroatoms. The fourth-order valence-electron chi connectivity index (χ4n) is 3.68. The zero-order valence-electron chi connectivity index (χ0n) is 14.0. The maximum Gasteiger partial charge on any atom is 0.271 e. The lowest BCUT2D eigenvalue weighted by Gasteiger charge is -2.29. The van der Waals surface area contributed by atoms with Crippen molar-refractivity contribution in [3.8, 4) is 0 Å². The van der Waals surface area contributed by atoms with E-state index in [0.717, 1.165) is 24.3 Å². The van der Waals surface area contributed by atoms with Crippen molar-refractivity contribution < 1.29 is 13.2 Å². The molecule has 0 heterocycles. The summed E-state index contributed by atoms with van der Waals surface area (Å²) in [6.07, 6.45) is 9.90. The predicted molar refractivity (Wildman–Crippen MR) is 90.1 cm³/mol. The Morgan fingerprint density at radius 1 is 1.09 bits per heavy atom. The third-order valence-corrected chi connectivity index (χ3v) is 5.07. The number of hydrogen-bond donors (Lipinski definition) is 0. The lowest BCUT2D eigenvalue weighted by atomic mass is 9.77. The largest absolute Gasteiger partial charge is 0.271 e. The smallest absolute Gasteiger partial charge is 0.206 e. The van der Waals surface area contributed by atoms with Crippen molar-refractivity contribution in [2.75, 3.05) is 0 Å². The average Bonchev–Trinajstić information content (AvgIpc) is 2.54. The first-order valence-corrected chi connectivity index (χ1v) is 8.92. The fourth-order valence-corrected chi connectivity index (χ4v) is 3.68. The highest BCUT2D eigenvalue weighted by molar-refractivity contribution is 5.51. The van der Waals surface area contributed by atoms with Crippen molar-refractivity contribution in [2.24, 2.45) is 5.92 Å². The van der Waals surface area contributed by atoms with Gasteiger partial charge in [-0.2, -0.15) is 8.78 Å². The molecule has 0 aliphatic heterocycles. The Labute approximate surface area is 137 Å². The summed E-state index contributed by atoms with van der Waals surface area (Å²) in [6, 6.07) is 4.73. The molecule has 0 unspecified atom stereocenters. The highest BCUT2D eigenvalue weighted by Crippen LogP contribution is 2.38. The third-order valence-electron chi connectivity index (χ3n) is 5.07. The molecule has 0 radical (unpaired) electrons. The zero-order valence-corrected chi connectivity index (χ0v) is 14.0. The number of rotatable bonds is 7. The Balaban J connectivity index is 1.85. The first kappa shape index (κ1) is 18.1. The summed E-state index contributed by atoms with van der Waals surface area (Å²) in [5.41, 5.74) is 0.932. The molecular weight excluding hydrogens is 297 g/mol. The molecule has 0 saturated heterocycles. The van der Waals surface area contributed by atoms with E-state index in [9.17, 15) is 13.2 Å². The Bertz CT molecular complexity index is 510. The molecule has 1 saturated carbocycles. The van der Waals surface area contributed by atoms with Gasteiger partial charge in [-0.25, -0.2) is 4.39 Å². The average molecular weight is 324 g/mol. The molecule has 0 spiro atoms. The lowest BCUT2D eigenvalue weighted by molar-refractivity contribution is 0.302. The molecule has 1 aromatic carbocycles. The van der Waals surface area contributed by atoms with Crippen molar-refractivity contribution >= 4 is 6.08 Å². The first-order valence-electron chi connectivity index (χ1n) is 8.92. The minimum Gasteiger partial charge on any atom is -0.206 e. The highest BCUT2D eigenvalue weighted by atomic mass is 19.3. The van der Waals surface area contributed by atoms with Gasteiger partial charge in [0.1, 0.15) is 5.82 Å². The van der Waals surface area contributed by atoms with Crippen molar-refractivity contribution in [2.45, 2.75) is 70.6 Å². The van der Waals surface area contributed by atoms with Gasteiger partial charge in [0.15, 0.2) is 0 Å². The molecule has 0 N–H and O–H groups in total. The van der Waals surface area contributed by atoms with Crippen LogP contribution in [0.3, 0.4) is 0 Å². The van der Waals surface area contributed by atoms with E-state index in [4.69, 9.17) is 0 Å². The lowest BCUT2D eigenvalue weighted by Crippen LogP contribution is -2.13. The molecule has 0 bridgehead atoms. The molecule has 0 nitrogen and oxygen atoms in total. The van der Waals surface area contributed by atoms with Gasteiger partial charge in [-0.15, -0.1) is 0 Å². The van der Waals surface area contributed by atoms with E-state index in [1.807, 2.05) is 6.07 Å². The van der Waals surface area contributed by atoms with Crippen LogP contribution in [0.2, 0.25) is 0 Å². The molecule has 128 valence electrons. The highest BCUT2D eigenvalue weighted by Gasteiger charge is 2.22. The second-order valence-electron chi connectivity index (χ2n) is 6.78. The summed E-state index contributed by atoms with van der Waals surface area (Å²) in [5.74, 6) is 0.650. The van der Waals surface area contributed by atoms with E-state index in [2.05, 4.69) is 6.92 Å². The molecule has 1 aliphatic rings. The predicted octanol–water partition coefficient (Wildman–Crippen LogP) is 7.31. The van der Waals surface area contributed by atoms with Gasteiger partial charge < -0.3 is 0 Å². The number of halogens is 3. The Morgan fingerprint density at radius 3 is 2.43 bits per heavy atom. The summed E-state index contributed by atoms with van der Waals surface area (Å²) in [5, 5.41) is 0. The van der Waals surface area contributed by atoms with Crippen LogP contribution in [0.25, 0.3) is 6.08 Å². The van der Waals surface area contributed by atoms with Crippen LogP contribution in [0, 0.1) is 11.7 Å². The molecule has 0 atom stereocenters. The van der Waals surface area contributed by atoms with E-state index in [0.29, 0.717) is 12.0 Å². The fraction of sp³-hybridized carbons (Fsp3) is 0.600. The van der Waals surface area contributed by atoms with Crippen molar-refractivity contribution in [1.82, 2.24) is 0 Å². The van der Waals surface area contributed by atoms with Gasteiger partial charge in [0.25, 0.3) is 6.08 Å². The number of unbranched alkanes of at least 4 members (excludes halogenated alkanes) is 3. The molecule has 1 fully saturated rings. The van der Waals surface area contributed by atoms with Gasteiger partial charge in [-0.3, -0.25) is 0 Å². The van der Waals surface area contributed by atoms with E-state index in [1.54, 1.807) is 0 Å². The van der Waals surface area contributed by atoms with Crippen LogP contribution in [0.5, 0.6) is 0 Å². The standard InChI is InChI=1S/C20H27F3/c1-2-3-4-5-6-15-7-9-16(10-8-15)17-11-12-18(14-20(22)23)19(21)13-17/h11-16H,2-10H2,1H3/t15-,16-. The van der Waals surface area contributed by atoms with Crippen LogP contribution in [0.1, 0.15) is 81.8 Å². The summed E-state index contributed by atoms with van der Waals surface area (Å²) in [7, 11) is 0. The Morgan fingerprint density at radius 2 is 1.83 bits per heavy atom. The van der Waals surface area contributed by atoms with Gasteiger partial charge in [0, 0.05) is 11.6 Å². The van der Waals surface area contributed by atoms with E-state index < -0.39 is 11.9 Å². The molecule has 1 aromatic rings. The minimum atomic E-state index is -1.86. The van der Waals surface area contributed by atoms with Crippen molar-refractivity contribution in [1.29, 1.82) is 0 Å². The second kappa shape index (κ2) is 9.14. The third kappa shape index (κ3) is 5.71. The quantitative estimate of drug-likeness (QED) is 0.461. The summed E-state index contributed by atoms with van der Waals surface area (Å²) in [4.78, 5) is 0. The van der Waals surface area contributed by atoms with Gasteiger partial charge in [0.2, 0.25) is 0 Å². The number of hydrogen-bond acceptors (Lipinski definition) is 0. The molecular formula is C20H27F3. The Hall–Kier alpha value is -1.25. The summed E-state index contributed by atoms with van der Waals surface area (Å²) >= 11 is 0. The zero-order chi connectivity index (χ0) is 16.7. The van der Waals surface area contributed by atoms with Gasteiger partial charge in [-0.05, 0) is 49.1 Å². The SMILES string of the molecule is CCCCCC[C@H]1CC[C@H](c2ccc(C=C(F)F)c(F)c2)CC1. The molecule has 2 rings (SSSR count). The first-order chi connectivity index (χ1) is 11.1. The van der Waals surface area contributed by atoms with E-state index >= 15 is 0 Å². The maximum absolute atomic E-state index is 13.9. The van der Waals surface area contributed by atoms with Crippen molar-refractivity contribution in [3.05, 3.63) is 41.2 Å². The normalized spacial score (nSPS) is 21.2. The van der Waals surface area contributed by atoms with Crippen LogP contribution >= 0.6 is 0 Å². The van der Waals surface area contributed by atoms with Crippen LogP contribution in [0.15, 0.2) is 24.3 Å². The molecule has 23 heavy (non-hydrogen) atoms. The topological polar surface area (TPSA) is 0 Å². The number of benzene rings is 1. The van der Waals surface area contributed by atoms with Crippen LogP contribution in [-0.2, 0) is 0 Å².